The molecule has 0 aliphatic rings. The Bertz CT molecular complexity index is 647. The summed E-state index contributed by atoms with van der Waals surface area (Å²) in [6, 6.07) is 15.4. The summed E-state index contributed by atoms with van der Waals surface area (Å²) >= 11 is 11.9. The Morgan fingerprint density at radius 1 is 1.10 bits per heavy atom. The van der Waals surface area contributed by atoms with Gasteiger partial charge < -0.3 is 4.74 Å². The summed E-state index contributed by atoms with van der Waals surface area (Å²) < 4.78 is 5.41. The third-order valence-electron chi connectivity index (χ3n) is 3.18. The van der Waals surface area contributed by atoms with E-state index >= 15 is 0 Å². The molecule has 2 rings (SSSR count). The van der Waals surface area contributed by atoms with Crippen molar-refractivity contribution in [3.05, 3.63) is 63.6 Å². The van der Waals surface area contributed by atoms with Crippen LogP contribution in [-0.2, 0) is 6.42 Å². The van der Waals surface area contributed by atoms with Crippen molar-refractivity contribution >= 4 is 23.2 Å². The molecule has 0 radical (unpaired) electrons. The second kappa shape index (κ2) is 7.36. The molecule has 0 N–H and O–H groups in total. The fourth-order valence-electron chi connectivity index (χ4n) is 2.09. The Hall–Kier alpha value is -1.69. The Morgan fingerprint density at radius 2 is 1.81 bits per heavy atom. The van der Waals surface area contributed by atoms with Crippen LogP contribution in [0.3, 0.4) is 0 Å². The zero-order chi connectivity index (χ0) is 15.2. The fraction of sp³-hybridized carbons (Fsp3) is 0.235. The summed E-state index contributed by atoms with van der Waals surface area (Å²) in [5.41, 5.74) is 1.96. The molecule has 0 bridgehead atoms. The number of nitrogens with zero attached hydrogens (tertiary/aromatic N) is 1. The van der Waals surface area contributed by atoms with E-state index in [0.717, 1.165) is 16.9 Å². The highest BCUT2D eigenvalue weighted by Crippen LogP contribution is 2.28. The van der Waals surface area contributed by atoms with Crippen molar-refractivity contribution in [3.63, 3.8) is 0 Å². The maximum Gasteiger partial charge on any atom is 0.119 e. The molecule has 0 spiro atoms. The first-order valence-corrected chi connectivity index (χ1v) is 7.46. The molecular formula is C17H15Cl2NO. The van der Waals surface area contributed by atoms with Crippen LogP contribution in [0.1, 0.15) is 24.0 Å². The Labute approximate surface area is 134 Å². The summed E-state index contributed by atoms with van der Waals surface area (Å²) in [7, 11) is 0. The van der Waals surface area contributed by atoms with Crippen molar-refractivity contribution in [2.24, 2.45) is 0 Å². The molecule has 108 valence electrons. The minimum atomic E-state index is -0.252. The van der Waals surface area contributed by atoms with Crippen molar-refractivity contribution in [2.45, 2.75) is 19.3 Å². The van der Waals surface area contributed by atoms with E-state index in [1.807, 2.05) is 37.3 Å². The van der Waals surface area contributed by atoms with E-state index in [9.17, 15) is 5.26 Å². The van der Waals surface area contributed by atoms with E-state index in [4.69, 9.17) is 27.9 Å². The van der Waals surface area contributed by atoms with Gasteiger partial charge in [-0.2, -0.15) is 5.26 Å². The number of ether oxygens (including phenoxy) is 1. The predicted octanol–water partition coefficient (Wildman–Crippen LogP) is 5.24. The van der Waals surface area contributed by atoms with E-state index in [-0.39, 0.29) is 5.92 Å². The molecule has 21 heavy (non-hydrogen) atoms. The van der Waals surface area contributed by atoms with Crippen molar-refractivity contribution in [1.82, 2.24) is 0 Å². The molecule has 0 saturated heterocycles. The van der Waals surface area contributed by atoms with E-state index in [2.05, 4.69) is 6.07 Å². The summed E-state index contributed by atoms with van der Waals surface area (Å²) in [6.07, 6.45) is 0.626. The minimum absolute atomic E-state index is 0.252. The minimum Gasteiger partial charge on any atom is -0.494 e. The first-order chi connectivity index (χ1) is 10.1. The van der Waals surface area contributed by atoms with Gasteiger partial charge in [0.1, 0.15) is 5.75 Å². The molecule has 0 fully saturated rings. The highest BCUT2D eigenvalue weighted by molar-refractivity contribution is 6.42. The van der Waals surface area contributed by atoms with Gasteiger partial charge in [-0.3, -0.25) is 0 Å². The summed E-state index contributed by atoms with van der Waals surface area (Å²) in [4.78, 5) is 0. The van der Waals surface area contributed by atoms with Gasteiger partial charge in [-0.05, 0) is 48.7 Å². The Balaban J connectivity index is 2.15. The first kappa shape index (κ1) is 15.7. The van der Waals surface area contributed by atoms with Gasteiger partial charge in [0.25, 0.3) is 0 Å². The van der Waals surface area contributed by atoms with Crippen LogP contribution in [0.25, 0.3) is 0 Å². The van der Waals surface area contributed by atoms with E-state index in [1.54, 1.807) is 12.1 Å². The largest absolute Gasteiger partial charge is 0.494 e. The van der Waals surface area contributed by atoms with E-state index in [0.29, 0.717) is 23.1 Å². The lowest BCUT2D eigenvalue weighted by Gasteiger charge is -2.11. The van der Waals surface area contributed by atoms with E-state index < -0.39 is 0 Å². The van der Waals surface area contributed by atoms with Crippen LogP contribution in [0.5, 0.6) is 5.75 Å². The summed E-state index contributed by atoms with van der Waals surface area (Å²) in [5, 5.41) is 10.4. The second-order valence-corrected chi connectivity index (χ2v) is 5.45. The molecule has 0 aliphatic heterocycles. The first-order valence-electron chi connectivity index (χ1n) is 6.70. The number of rotatable bonds is 5. The van der Waals surface area contributed by atoms with Crippen LogP contribution in [0.15, 0.2) is 42.5 Å². The van der Waals surface area contributed by atoms with Crippen LogP contribution >= 0.6 is 23.2 Å². The lowest BCUT2D eigenvalue weighted by molar-refractivity contribution is 0.340. The van der Waals surface area contributed by atoms with Crippen LogP contribution in [0.2, 0.25) is 10.0 Å². The van der Waals surface area contributed by atoms with Crippen molar-refractivity contribution in [1.29, 1.82) is 5.26 Å². The quantitative estimate of drug-likeness (QED) is 0.754. The predicted molar refractivity (Wildman–Crippen MR) is 86.1 cm³/mol. The van der Waals surface area contributed by atoms with Gasteiger partial charge in [0, 0.05) is 0 Å². The number of hydrogen-bond donors (Lipinski definition) is 0. The molecule has 2 aromatic rings. The lowest BCUT2D eigenvalue weighted by atomic mass is 9.93. The van der Waals surface area contributed by atoms with E-state index in [1.165, 1.54) is 0 Å². The highest BCUT2D eigenvalue weighted by atomic mass is 35.5. The number of benzene rings is 2. The normalized spacial score (nSPS) is 11.7. The number of hydrogen-bond acceptors (Lipinski definition) is 2. The van der Waals surface area contributed by atoms with Gasteiger partial charge in [0.2, 0.25) is 0 Å². The van der Waals surface area contributed by atoms with Gasteiger partial charge in [0.05, 0.1) is 28.6 Å². The topological polar surface area (TPSA) is 33.0 Å². The standard InChI is InChI=1S/C17H15Cl2NO/c1-2-21-15-6-3-12(4-7-15)9-14(11-20)13-5-8-16(18)17(19)10-13/h3-8,10,14H,2,9H2,1H3. The lowest BCUT2D eigenvalue weighted by Crippen LogP contribution is -2.01. The Morgan fingerprint density at radius 3 is 2.38 bits per heavy atom. The summed E-state index contributed by atoms with van der Waals surface area (Å²) in [6.45, 7) is 2.59. The third kappa shape index (κ3) is 4.14. The monoisotopic (exact) mass is 319 g/mol. The smallest absolute Gasteiger partial charge is 0.119 e. The maximum atomic E-state index is 9.39. The number of nitriles is 1. The molecule has 1 atom stereocenters. The summed E-state index contributed by atoms with van der Waals surface area (Å²) in [5.74, 6) is 0.585. The molecule has 0 amide bonds. The van der Waals surface area contributed by atoms with Crippen LogP contribution in [0.4, 0.5) is 0 Å². The zero-order valence-corrected chi connectivity index (χ0v) is 13.2. The van der Waals surface area contributed by atoms with Crippen LogP contribution < -0.4 is 4.74 Å². The van der Waals surface area contributed by atoms with Gasteiger partial charge in [-0.1, -0.05) is 41.4 Å². The molecule has 0 aliphatic carbocycles. The molecule has 0 saturated carbocycles. The highest BCUT2D eigenvalue weighted by Gasteiger charge is 2.13. The average molecular weight is 320 g/mol. The zero-order valence-electron chi connectivity index (χ0n) is 11.6. The molecule has 2 nitrogen and oxygen atoms in total. The maximum absolute atomic E-state index is 9.39. The molecule has 1 unspecified atom stereocenters. The van der Waals surface area contributed by atoms with Gasteiger partial charge >= 0.3 is 0 Å². The van der Waals surface area contributed by atoms with Gasteiger partial charge in [-0.25, -0.2) is 0 Å². The Kier molecular flexibility index (Phi) is 5.50. The molecule has 0 aromatic heterocycles. The van der Waals surface area contributed by atoms with Gasteiger partial charge in [0.15, 0.2) is 0 Å². The number of halogens is 2. The fourth-order valence-corrected chi connectivity index (χ4v) is 2.40. The molecule has 2 aromatic carbocycles. The molecule has 4 heteroatoms. The van der Waals surface area contributed by atoms with Crippen molar-refractivity contribution < 1.29 is 4.74 Å². The molecular weight excluding hydrogens is 305 g/mol. The molecule has 0 heterocycles. The van der Waals surface area contributed by atoms with Crippen LogP contribution in [-0.4, -0.2) is 6.61 Å². The second-order valence-electron chi connectivity index (χ2n) is 4.64. The average Bonchev–Trinajstić information content (AvgIpc) is 2.50. The van der Waals surface area contributed by atoms with Crippen LogP contribution in [0, 0.1) is 11.3 Å². The third-order valence-corrected chi connectivity index (χ3v) is 3.92. The van der Waals surface area contributed by atoms with Gasteiger partial charge in [-0.15, -0.1) is 0 Å². The van der Waals surface area contributed by atoms with Crippen molar-refractivity contribution in [2.75, 3.05) is 6.61 Å². The SMILES string of the molecule is CCOc1ccc(CC(C#N)c2ccc(Cl)c(Cl)c2)cc1. The van der Waals surface area contributed by atoms with Crippen molar-refractivity contribution in [3.8, 4) is 11.8 Å².